The number of esters is 1. The topological polar surface area (TPSA) is 110 Å². The van der Waals surface area contributed by atoms with Crippen molar-refractivity contribution in [1.82, 2.24) is 20.2 Å². The highest BCUT2D eigenvalue weighted by molar-refractivity contribution is 7.18. The second kappa shape index (κ2) is 7.85. The summed E-state index contributed by atoms with van der Waals surface area (Å²) in [6.07, 6.45) is 9.44. The van der Waals surface area contributed by atoms with Gasteiger partial charge >= 0.3 is 5.97 Å². The fraction of sp³-hybridized carbons (Fsp3) is 0.250. The van der Waals surface area contributed by atoms with E-state index in [9.17, 15) is 9.59 Å². The molecule has 152 valence electrons. The number of Topliss-reactive ketones (excluding diaryl/α,β-unsaturated/α-hetero) is 1. The highest BCUT2D eigenvalue weighted by atomic mass is 32.1. The van der Waals surface area contributed by atoms with Crippen LogP contribution in [0.1, 0.15) is 50.9 Å². The summed E-state index contributed by atoms with van der Waals surface area (Å²) in [7, 11) is 0. The van der Waals surface area contributed by atoms with Crippen LogP contribution >= 0.6 is 11.3 Å². The Morgan fingerprint density at radius 1 is 1.45 bits per heavy atom. The summed E-state index contributed by atoms with van der Waals surface area (Å²) in [6, 6.07) is 5.19. The predicted molar refractivity (Wildman–Crippen MR) is 114 cm³/mol. The van der Waals surface area contributed by atoms with E-state index < -0.39 is 11.8 Å². The Morgan fingerprint density at radius 3 is 3.00 bits per heavy atom. The number of ether oxygens (including phenoxy) is 1. The Morgan fingerprint density at radius 2 is 2.28 bits per heavy atom. The number of aromatic amines is 1. The largest absolute Gasteiger partial charge is 0.460 e. The summed E-state index contributed by atoms with van der Waals surface area (Å²) in [5, 5.41) is 10.4. The summed E-state index contributed by atoms with van der Waals surface area (Å²) in [5.41, 5.74) is 1.58. The van der Waals surface area contributed by atoms with Gasteiger partial charge < -0.3 is 10.1 Å². The van der Waals surface area contributed by atoms with Gasteiger partial charge in [-0.1, -0.05) is 5.92 Å². The number of hydrogen-bond acceptors (Lipinski definition) is 8. The van der Waals surface area contributed by atoms with Gasteiger partial charge in [0.15, 0.2) is 17.5 Å². The molecule has 0 bridgehead atoms. The Kier molecular flexibility index (Phi) is 5.10. The van der Waals surface area contributed by atoms with Crippen molar-refractivity contribution in [2.24, 2.45) is 0 Å². The van der Waals surface area contributed by atoms with Crippen molar-refractivity contribution in [3.05, 3.63) is 40.5 Å². The first-order chi connectivity index (χ1) is 14.1. The lowest BCUT2D eigenvalue weighted by molar-refractivity contribution is -0.137. The van der Waals surface area contributed by atoms with E-state index >= 15 is 0 Å². The van der Waals surface area contributed by atoms with Crippen LogP contribution in [-0.2, 0) is 9.53 Å². The van der Waals surface area contributed by atoms with Gasteiger partial charge in [-0.25, -0.2) is 14.8 Å². The van der Waals surface area contributed by atoms with Crippen molar-refractivity contribution in [2.45, 2.75) is 25.7 Å². The second-order valence-electron chi connectivity index (χ2n) is 6.42. The molecule has 2 N–H and O–H groups in total. The van der Waals surface area contributed by atoms with Crippen LogP contribution in [0.4, 0.5) is 11.6 Å². The summed E-state index contributed by atoms with van der Waals surface area (Å²) in [5.74, 6) is 2.98. The maximum Gasteiger partial charge on any atom is 0.380 e. The van der Waals surface area contributed by atoms with Gasteiger partial charge in [-0.3, -0.25) is 9.89 Å². The second-order valence-corrected chi connectivity index (χ2v) is 7.51. The minimum atomic E-state index is -0.878. The smallest absolute Gasteiger partial charge is 0.380 e. The molecule has 0 radical (unpaired) electrons. The number of rotatable bonds is 7. The summed E-state index contributed by atoms with van der Waals surface area (Å²) >= 11 is 1.12. The van der Waals surface area contributed by atoms with Crippen LogP contribution in [0.2, 0.25) is 0 Å². The highest BCUT2D eigenvalue weighted by Crippen LogP contribution is 2.39. The van der Waals surface area contributed by atoms with E-state index in [1.54, 1.807) is 19.1 Å². The highest BCUT2D eigenvalue weighted by Gasteiger charge is 2.26. The average Bonchev–Trinajstić information content (AvgIpc) is 3.27. The van der Waals surface area contributed by atoms with E-state index in [0.29, 0.717) is 33.8 Å². The van der Waals surface area contributed by atoms with E-state index in [2.05, 4.69) is 31.4 Å². The molecule has 0 aliphatic heterocycles. The van der Waals surface area contributed by atoms with Crippen molar-refractivity contribution in [2.75, 3.05) is 11.9 Å². The van der Waals surface area contributed by atoms with Gasteiger partial charge in [0, 0.05) is 28.2 Å². The van der Waals surface area contributed by atoms with E-state index in [-0.39, 0.29) is 15.8 Å². The van der Waals surface area contributed by atoms with E-state index in [1.165, 1.54) is 19.0 Å². The number of nitrogens with zero attached hydrogens (tertiary/aromatic N) is 3. The number of ketones is 1. The van der Waals surface area contributed by atoms with Crippen LogP contribution < -0.4 is 5.32 Å². The fourth-order valence-corrected chi connectivity index (χ4v) is 3.58. The van der Waals surface area contributed by atoms with Crippen molar-refractivity contribution < 1.29 is 18.6 Å². The molecule has 1 saturated carbocycles. The van der Waals surface area contributed by atoms with Gasteiger partial charge in [0.2, 0.25) is 0 Å². The monoisotopic (exact) mass is 413 g/mol. The molecule has 29 heavy (non-hydrogen) atoms. The third-order valence-corrected chi connectivity index (χ3v) is 5.40. The minimum Gasteiger partial charge on any atom is -0.460 e. The molecule has 1 fully saturated rings. The Balaban J connectivity index is 0.00000171. The zero-order chi connectivity index (χ0) is 20.4. The summed E-state index contributed by atoms with van der Waals surface area (Å²) in [6.45, 7) is 1.79. The molecule has 8 nitrogen and oxygen atoms in total. The average molecular weight is 414 g/mol. The molecule has 0 saturated heterocycles. The van der Waals surface area contributed by atoms with Crippen molar-refractivity contribution >= 4 is 34.7 Å². The third kappa shape index (κ3) is 4.02. The van der Waals surface area contributed by atoms with Gasteiger partial charge in [-0.2, -0.15) is 5.10 Å². The molecule has 0 aromatic carbocycles. The van der Waals surface area contributed by atoms with Crippen LogP contribution in [0.15, 0.2) is 24.4 Å². The Bertz CT molecular complexity index is 1140. The third-order valence-electron chi connectivity index (χ3n) is 4.32. The molecule has 3 aromatic rings. The van der Waals surface area contributed by atoms with Gasteiger partial charge in [0.1, 0.15) is 0 Å². The lowest BCUT2D eigenvalue weighted by Crippen LogP contribution is -2.16. The number of carbonyl (C=O) groups is 2. The first-order valence-corrected chi connectivity index (χ1v) is 9.88. The fourth-order valence-electron chi connectivity index (χ4n) is 2.70. The molecular formula is C20H23N5O3S. The van der Waals surface area contributed by atoms with Crippen molar-refractivity contribution in [1.29, 1.82) is 0 Å². The predicted octanol–water partition coefficient (Wildman–Crippen LogP) is 4.01. The number of nitrogens with one attached hydrogen (secondary N) is 2. The first-order valence-electron chi connectivity index (χ1n) is 9.06. The van der Waals surface area contributed by atoms with Crippen LogP contribution in [0.5, 0.6) is 0 Å². The van der Waals surface area contributed by atoms with Crippen LogP contribution in [0.3, 0.4) is 0 Å². The van der Waals surface area contributed by atoms with Crippen LogP contribution in [-0.4, -0.2) is 38.5 Å². The number of carbonyl (C=O) groups excluding carboxylic acids is 2. The van der Waals surface area contributed by atoms with E-state index in [0.717, 1.165) is 17.0 Å². The number of hydrogen-bond donors (Lipinski definition) is 2. The Labute approximate surface area is 175 Å². The zero-order valence-corrected chi connectivity index (χ0v) is 16.4. The molecule has 9 heteroatoms. The van der Waals surface area contributed by atoms with Gasteiger partial charge in [-0.05, 0) is 31.9 Å². The number of anilines is 2. The standard InChI is InChI=1S/C20H17N5O3S.3H2/c1-3-11-10-21-19(15-8-7-14(29-15)17(26)20(27)28-4-2)23-18(11)22-16-9-13(24-25-16)12-5-6-12;;;/h1,7-10,12H,4-6H2,2H3,(H2,21,22,23,24,25);3*1H. The molecule has 0 amide bonds. The first kappa shape index (κ1) is 18.8. The SMILES string of the molecule is C#Cc1cnc(-c2ccc(C(=O)C(=O)OCC)s2)nc1Nc1cc(C2CC2)[nH]n1.[HH].[HH].[HH]. The van der Waals surface area contributed by atoms with E-state index in [4.69, 9.17) is 11.2 Å². The quantitative estimate of drug-likeness (QED) is 0.261. The molecule has 3 heterocycles. The number of thiophene rings is 1. The van der Waals surface area contributed by atoms with Crippen LogP contribution in [0.25, 0.3) is 10.7 Å². The Hall–Kier alpha value is -3.51. The molecular weight excluding hydrogens is 390 g/mol. The minimum absolute atomic E-state index is 0. The molecule has 0 atom stereocenters. The normalized spacial score (nSPS) is 13.0. The lowest BCUT2D eigenvalue weighted by Gasteiger charge is -2.06. The summed E-state index contributed by atoms with van der Waals surface area (Å²) < 4.78 is 4.76. The van der Waals surface area contributed by atoms with E-state index in [1.807, 2.05) is 6.07 Å². The van der Waals surface area contributed by atoms with Gasteiger partial charge in [0.25, 0.3) is 5.78 Å². The molecule has 1 aliphatic carbocycles. The number of H-pyrrole nitrogens is 1. The molecule has 3 aromatic heterocycles. The molecule has 4 rings (SSSR count). The van der Waals surface area contributed by atoms with Crippen molar-refractivity contribution in [3.8, 4) is 23.0 Å². The zero-order valence-electron chi connectivity index (χ0n) is 15.6. The summed E-state index contributed by atoms with van der Waals surface area (Å²) in [4.78, 5) is 33.4. The maximum atomic E-state index is 12.1. The maximum absolute atomic E-state index is 12.1. The van der Waals surface area contributed by atoms with Crippen molar-refractivity contribution in [3.63, 3.8) is 0 Å². The molecule has 1 aliphatic rings. The van der Waals surface area contributed by atoms with Crippen LogP contribution in [0, 0.1) is 12.3 Å². The number of aromatic nitrogens is 4. The lowest BCUT2D eigenvalue weighted by atomic mass is 10.3. The van der Waals surface area contributed by atoms with Gasteiger partial charge in [0.05, 0.1) is 21.9 Å². The molecule has 0 spiro atoms. The number of terminal acetylenes is 1. The van der Waals surface area contributed by atoms with Gasteiger partial charge in [-0.15, -0.1) is 17.8 Å². The molecule has 0 unspecified atom stereocenters.